The number of aromatic nitrogens is 2. The Balaban J connectivity index is 0.00000114. The topological polar surface area (TPSA) is 119 Å². The minimum atomic E-state index is -0.250. The van der Waals surface area contributed by atoms with Crippen molar-refractivity contribution in [3.05, 3.63) is 23.6 Å². The second-order valence-electron chi connectivity index (χ2n) is 5.67. The molecule has 0 amide bonds. The lowest BCUT2D eigenvalue weighted by molar-refractivity contribution is -0.122. The fraction of sp³-hybridized carbons (Fsp3) is 0.471. The van der Waals surface area contributed by atoms with E-state index in [2.05, 4.69) is 15.5 Å². The zero-order valence-electron chi connectivity index (χ0n) is 16.3. The highest BCUT2D eigenvalue weighted by Gasteiger charge is 2.18. The van der Waals surface area contributed by atoms with Gasteiger partial charge in [-0.25, -0.2) is 0 Å². The normalized spacial score (nSPS) is 11.2. The van der Waals surface area contributed by atoms with Crippen LogP contribution in [0.2, 0.25) is 0 Å². The number of nitrogens with one attached hydrogen (secondary N) is 1. The number of carboxylic acid groups (broad SMARTS) is 1. The number of carbonyl (C=O) groups is 1. The van der Waals surface area contributed by atoms with Crippen molar-refractivity contribution in [2.75, 3.05) is 40.7 Å². The van der Waals surface area contributed by atoms with Gasteiger partial charge in [-0.05, 0) is 38.7 Å². The van der Waals surface area contributed by atoms with Crippen LogP contribution in [0.15, 0.2) is 16.5 Å². The van der Waals surface area contributed by atoms with Crippen molar-refractivity contribution < 1.29 is 28.5 Å². The van der Waals surface area contributed by atoms with Gasteiger partial charge in [-0.2, -0.15) is 0 Å². The van der Waals surface area contributed by atoms with Gasteiger partial charge >= 0.3 is 6.01 Å². The third-order valence-corrected chi connectivity index (χ3v) is 3.45. The molecule has 2 aromatic rings. The molecule has 2 rings (SSSR count). The van der Waals surface area contributed by atoms with Crippen LogP contribution in [-0.2, 0) is 11.3 Å². The number of hydrogen-bond donors (Lipinski definition) is 2. The molecule has 27 heavy (non-hydrogen) atoms. The molecule has 1 aromatic heterocycles. The molecule has 0 aliphatic heterocycles. The van der Waals surface area contributed by atoms with Crippen LogP contribution >= 0.6 is 0 Å². The molecule has 0 saturated heterocycles. The van der Waals surface area contributed by atoms with Crippen molar-refractivity contribution in [1.82, 2.24) is 15.1 Å². The first-order valence-electron chi connectivity index (χ1n) is 8.01. The highest BCUT2D eigenvalue weighted by molar-refractivity contribution is 5.55. The van der Waals surface area contributed by atoms with Gasteiger partial charge < -0.3 is 34.0 Å². The molecule has 0 aliphatic carbocycles. The molecule has 10 nitrogen and oxygen atoms in total. The van der Waals surface area contributed by atoms with E-state index in [1.165, 1.54) is 0 Å². The van der Waals surface area contributed by atoms with E-state index in [0.29, 0.717) is 35.7 Å². The van der Waals surface area contributed by atoms with E-state index in [9.17, 15) is 0 Å². The summed E-state index contributed by atoms with van der Waals surface area (Å²) in [4.78, 5) is 10.3. The van der Waals surface area contributed by atoms with Crippen molar-refractivity contribution in [3.8, 4) is 17.2 Å². The lowest BCUT2D eigenvalue weighted by Crippen LogP contribution is -2.10. The van der Waals surface area contributed by atoms with E-state index in [-0.39, 0.29) is 12.5 Å². The number of nitrogens with zero attached hydrogens (tertiary/aromatic N) is 3. The van der Waals surface area contributed by atoms with E-state index in [1.54, 1.807) is 21.3 Å². The Bertz CT molecular complexity index is 694. The monoisotopic (exact) mass is 382 g/mol. The summed E-state index contributed by atoms with van der Waals surface area (Å²) in [5.74, 6) is 2.31. The van der Waals surface area contributed by atoms with Gasteiger partial charge in [0.15, 0.2) is 11.5 Å². The standard InChI is InChI=1S/C16H24N4O4.CH2O2/c1-10(17-16-19-18-14(24-16)9-20(2)3)11-7-12(21-4)15(23-6)13(8-11)22-5;2-1-3/h7-8,10H,9H2,1-6H3,(H,17,19);1H,(H,2,3). The van der Waals surface area contributed by atoms with E-state index in [4.69, 9.17) is 28.5 Å². The number of ether oxygens (including phenoxy) is 3. The Morgan fingerprint density at radius 2 is 1.74 bits per heavy atom. The Morgan fingerprint density at radius 1 is 1.19 bits per heavy atom. The summed E-state index contributed by atoms with van der Waals surface area (Å²) in [6.45, 7) is 2.32. The molecule has 0 aliphatic rings. The number of anilines is 1. The molecule has 2 N–H and O–H groups in total. The van der Waals surface area contributed by atoms with E-state index < -0.39 is 0 Å². The second kappa shape index (κ2) is 10.9. The van der Waals surface area contributed by atoms with Crippen molar-refractivity contribution in [2.24, 2.45) is 0 Å². The molecule has 1 atom stereocenters. The van der Waals surface area contributed by atoms with Crippen molar-refractivity contribution in [3.63, 3.8) is 0 Å². The van der Waals surface area contributed by atoms with Crippen LogP contribution in [0, 0.1) is 0 Å². The molecule has 0 spiro atoms. The molecule has 0 radical (unpaired) electrons. The van der Waals surface area contributed by atoms with Gasteiger partial charge in [-0.1, -0.05) is 5.10 Å². The highest BCUT2D eigenvalue weighted by atomic mass is 16.5. The smallest absolute Gasteiger partial charge is 0.315 e. The predicted molar refractivity (Wildman–Crippen MR) is 98.5 cm³/mol. The Morgan fingerprint density at radius 3 is 2.19 bits per heavy atom. The number of rotatable bonds is 8. The molecule has 0 fully saturated rings. The quantitative estimate of drug-likeness (QED) is 0.656. The average molecular weight is 382 g/mol. The van der Waals surface area contributed by atoms with Gasteiger partial charge in [0.1, 0.15) is 0 Å². The SMILES string of the molecule is COc1cc(C(C)Nc2nnc(CN(C)C)o2)cc(OC)c1OC.O=CO. The third kappa shape index (κ3) is 6.33. The molecule has 1 aromatic carbocycles. The van der Waals surface area contributed by atoms with Crippen molar-refractivity contribution in [2.45, 2.75) is 19.5 Å². The van der Waals surface area contributed by atoms with E-state index in [0.717, 1.165) is 5.56 Å². The molecule has 0 saturated carbocycles. The van der Waals surface area contributed by atoms with Gasteiger partial charge in [-0.3, -0.25) is 4.79 Å². The zero-order chi connectivity index (χ0) is 20.4. The first-order chi connectivity index (χ1) is 12.9. The molecular weight excluding hydrogens is 356 g/mol. The summed E-state index contributed by atoms with van der Waals surface area (Å²) < 4.78 is 21.7. The summed E-state index contributed by atoms with van der Waals surface area (Å²) in [5, 5.41) is 18.1. The Hall–Kier alpha value is -3.01. The minimum absolute atomic E-state index is 0.0913. The van der Waals surface area contributed by atoms with Crippen LogP contribution in [0.25, 0.3) is 0 Å². The molecule has 10 heteroatoms. The van der Waals surface area contributed by atoms with Gasteiger partial charge in [0.05, 0.1) is 33.9 Å². The maximum Gasteiger partial charge on any atom is 0.315 e. The average Bonchev–Trinajstić information content (AvgIpc) is 3.06. The predicted octanol–water partition coefficient (Wildman–Crippen LogP) is 2.03. The second-order valence-corrected chi connectivity index (χ2v) is 5.67. The minimum Gasteiger partial charge on any atom is -0.493 e. The summed E-state index contributed by atoms with van der Waals surface area (Å²) >= 11 is 0. The summed E-state index contributed by atoms with van der Waals surface area (Å²) in [5.41, 5.74) is 0.942. The van der Waals surface area contributed by atoms with Crippen LogP contribution in [0.1, 0.15) is 24.4 Å². The largest absolute Gasteiger partial charge is 0.493 e. The van der Waals surface area contributed by atoms with Crippen LogP contribution in [0.3, 0.4) is 0 Å². The lowest BCUT2D eigenvalue weighted by Gasteiger charge is -2.17. The first-order valence-corrected chi connectivity index (χ1v) is 8.01. The lowest BCUT2D eigenvalue weighted by atomic mass is 10.1. The van der Waals surface area contributed by atoms with E-state index in [1.807, 2.05) is 38.1 Å². The molecular formula is C17H26N4O6. The summed E-state index contributed by atoms with van der Waals surface area (Å²) in [6.07, 6.45) is 0. The first kappa shape index (κ1) is 22.0. The fourth-order valence-corrected chi connectivity index (χ4v) is 2.27. The Labute approximate surface area is 158 Å². The van der Waals surface area contributed by atoms with Crippen LogP contribution in [-0.4, -0.2) is 62.1 Å². The highest BCUT2D eigenvalue weighted by Crippen LogP contribution is 2.40. The molecule has 0 bridgehead atoms. The zero-order valence-corrected chi connectivity index (χ0v) is 16.3. The van der Waals surface area contributed by atoms with Gasteiger partial charge in [0.25, 0.3) is 6.47 Å². The van der Waals surface area contributed by atoms with Crippen LogP contribution < -0.4 is 19.5 Å². The number of hydrogen-bond acceptors (Lipinski definition) is 9. The third-order valence-electron chi connectivity index (χ3n) is 3.45. The fourth-order valence-electron chi connectivity index (χ4n) is 2.27. The molecule has 150 valence electrons. The molecule has 1 heterocycles. The van der Waals surface area contributed by atoms with Gasteiger partial charge in [-0.15, -0.1) is 5.10 Å². The number of benzene rings is 1. The number of methoxy groups -OCH3 is 3. The summed E-state index contributed by atoms with van der Waals surface area (Å²) in [7, 11) is 8.63. The van der Waals surface area contributed by atoms with Crippen LogP contribution in [0.5, 0.6) is 17.2 Å². The maximum absolute atomic E-state index is 8.36. The molecule has 1 unspecified atom stereocenters. The maximum atomic E-state index is 8.36. The van der Waals surface area contributed by atoms with Gasteiger partial charge in [0.2, 0.25) is 11.6 Å². The Kier molecular flexibility index (Phi) is 8.86. The summed E-state index contributed by atoms with van der Waals surface area (Å²) in [6, 6.07) is 4.05. The van der Waals surface area contributed by atoms with Crippen molar-refractivity contribution in [1.29, 1.82) is 0 Å². The van der Waals surface area contributed by atoms with Crippen LogP contribution in [0.4, 0.5) is 6.01 Å². The van der Waals surface area contributed by atoms with Crippen molar-refractivity contribution >= 4 is 12.5 Å². The van der Waals surface area contributed by atoms with E-state index >= 15 is 0 Å². The van der Waals surface area contributed by atoms with Gasteiger partial charge in [0, 0.05) is 0 Å².